The first-order valence-electron chi connectivity index (χ1n) is 11.4. The highest BCUT2D eigenvalue weighted by Crippen LogP contribution is 2.44. The van der Waals surface area contributed by atoms with E-state index in [-0.39, 0.29) is 29.5 Å². The van der Waals surface area contributed by atoms with Crippen LogP contribution in [-0.2, 0) is 9.53 Å². The van der Waals surface area contributed by atoms with Crippen LogP contribution in [-0.4, -0.2) is 40.8 Å². The summed E-state index contributed by atoms with van der Waals surface area (Å²) in [4.78, 5) is 37.0. The van der Waals surface area contributed by atoms with E-state index in [2.05, 4.69) is 10.6 Å². The molecule has 1 aliphatic carbocycles. The largest absolute Gasteiger partial charge is 0.508 e. The van der Waals surface area contributed by atoms with Crippen LogP contribution in [0.3, 0.4) is 0 Å². The molecule has 0 saturated heterocycles. The number of benzene rings is 3. The van der Waals surface area contributed by atoms with E-state index in [1.807, 2.05) is 55.5 Å². The Labute approximate surface area is 202 Å². The van der Waals surface area contributed by atoms with Crippen LogP contribution in [0.15, 0.2) is 66.7 Å². The molecule has 0 heterocycles. The number of aromatic hydroxyl groups is 1. The Morgan fingerprint density at radius 1 is 0.971 bits per heavy atom. The Balaban J connectivity index is 1.43. The lowest BCUT2D eigenvalue weighted by molar-refractivity contribution is -0.118. The highest BCUT2D eigenvalue weighted by Gasteiger charge is 2.30. The van der Waals surface area contributed by atoms with Crippen LogP contribution >= 0.6 is 0 Å². The minimum atomic E-state index is -1.30. The third-order valence-corrected chi connectivity index (χ3v) is 6.02. The van der Waals surface area contributed by atoms with Crippen molar-refractivity contribution in [3.8, 4) is 16.9 Å². The van der Waals surface area contributed by atoms with Crippen molar-refractivity contribution in [3.63, 3.8) is 0 Å². The predicted molar refractivity (Wildman–Crippen MR) is 131 cm³/mol. The van der Waals surface area contributed by atoms with E-state index in [4.69, 9.17) is 4.74 Å². The first-order chi connectivity index (χ1) is 16.9. The van der Waals surface area contributed by atoms with E-state index < -0.39 is 24.0 Å². The summed E-state index contributed by atoms with van der Waals surface area (Å²) in [6.45, 7) is 1.98. The summed E-state index contributed by atoms with van der Waals surface area (Å²) in [7, 11) is 0. The fraction of sp³-hybridized carbons (Fsp3) is 0.222. The number of anilines is 1. The highest BCUT2D eigenvalue weighted by molar-refractivity contribution is 6.03. The van der Waals surface area contributed by atoms with Crippen molar-refractivity contribution in [1.82, 2.24) is 5.32 Å². The van der Waals surface area contributed by atoms with Gasteiger partial charge in [0.05, 0.1) is 11.3 Å². The maximum Gasteiger partial charge on any atom is 0.407 e. The number of phenolic OH excluding ortho intramolecular Hbond substituents is 1. The second-order valence-electron chi connectivity index (χ2n) is 8.34. The Morgan fingerprint density at radius 2 is 1.60 bits per heavy atom. The standard InChI is InChI=1S/C27H26N2O6/c1-2-7-24(25(31)28-23-13-12-16(30)14-21(23)26(32)33)29-27(34)35-15-22-19-10-5-3-8-17(19)18-9-4-6-11-20(18)22/h3-6,8-14,22,24,30H,2,7,15H2,1H3,(H,28,31)(H,29,34)(H,32,33)/t24-/m1/s1. The number of carboxylic acid groups (broad SMARTS) is 1. The van der Waals surface area contributed by atoms with Gasteiger partial charge >= 0.3 is 12.1 Å². The van der Waals surface area contributed by atoms with Crippen molar-refractivity contribution in [2.45, 2.75) is 31.7 Å². The molecular formula is C27H26N2O6. The Hall–Kier alpha value is -4.33. The van der Waals surface area contributed by atoms with Crippen LogP contribution < -0.4 is 10.6 Å². The van der Waals surface area contributed by atoms with Gasteiger partial charge in [-0.05, 0) is 46.9 Å². The van der Waals surface area contributed by atoms with Crippen molar-refractivity contribution >= 4 is 23.7 Å². The SMILES string of the molecule is CCC[C@@H](NC(=O)OCC1c2ccccc2-c2ccccc21)C(=O)Nc1ccc(O)cc1C(=O)O. The lowest BCUT2D eigenvalue weighted by Gasteiger charge is -2.20. The predicted octanol–water partition coefficient (Wildman–Crippen LogP) is 4.74. The fourth-order valence-corrected chi connectivity index (χ4v) is 4.38. The topological polar surface area (TPSA) is 125 Å². The Bertz CT molecular complexity index is 1230. The van der Waals surface area contributed by atoms with Gasteiger partial charge in [-0.2, -0.15) is 0 Å². The molecule has 0 saturated carbocycles. The number of alkyl carbamates (subject to hydrolysis) is 1. The van der Waals surface area contributed by atoms with Crippen LogP contribution in [0, 0.1) is 0 Å². The molecule has 0 unspecified atom stereocenters. The number of carbonyl (C=O) groups is 3. The summed E-state index contributed by atoms with van der Waals surface area (Å²) in [6.07, 6.45) is 0.198. The smallest absolute Gasteiger partial charge is 0.407 e. The molecule has 8 nitrogen and oxygen atoms in total. The molecule has 0 aromatic heterocycles. The summed E-state index contributed by atoms with van der Waals surface area (Å²) in [5, 5.41) is 24.0. The molecule has 4 N–H and O–H groups in total. The second kappa shape index (κ2) is 10.3. The Kier molecular flexibility index (Phi) is 7.01. The summed E-state index contributed by atoms with van der Waals surface area (Å²) >= 11 is 0. The van der Waals surface area contributed by atoms with E-state index in [0.717, 1.165) is 28.3 Å². The number of amides is 2. The van der Waals surface area contributed by atoms with E-state index in [0.29, 0.717) is 12.8 Å². The third kappa shape index (κ3) is 5.11. The van der Waals surface area contributed by atoms with Gasteiger partial charge in [0.25, 0.3) is 0 Å². The number of nitrogens with one attached hydrogen (secondary N) is 2. The van der Waals surface area contributed by atoms with Crippen molar-refractivity contribution < 1.29 is 29.3 Å². The van der Waals surface area contributed by atoms with E-state index in [9.17, 15) is 24.6 Å². The molecule has 4 rings (SSSR count). The minimum absolute atomic E-state index is 0.0238. The lowest BCUT2D eigenvalue weighted by Crippen LogP contribution is -2.44. The van der Waals surface area contributed by atoms with Gasteiger partial charge in [-0.15, -0.1) is 0 Å². The number of ether oxygens (including phenoxy) is 1. The van der Waals surface area contributed by atoms with Crippen molar-refractivity contribution in [2.24, 2.45) is 0 Å². The third-order valence-electron chi connectivity index (χ3n) is 6.02. The molecule has 3 aromatic carbocycles. The normalized spacial score (nSPS) is 12.8. The fourth-order valence-electron chi connectivity index (χ4n) is 4.38. The molecule has 180 valence electrons. The number of fused-ring (bicyclic) bond motifs is 3. The summed E-state index contributed by atoms with van der Waals surface area (Å²) in [6, 6.07) is 18.7. The average Bonchev–Trinajstić information content (AvgIpc) is 3.17. The van der Waals surface area contributed by atoms with Crippen LogP contribution in [0.5, 0.6) is 5.75 Å². The molecule has 0 radical (unpaired) electrons. The maximum atomic E-state index is 12.8. The number of carbonyl (C=O) groups excluding carboxylic acids is 2. The van der Waals surface area contributed by atoms with Crippen LogP contribution in [0.25, 0.3) is 11.1 Å². The molecule has 1 aliphatic rings. The van der Waals surface area contributed by atoms with Crippen molar-refractivity contribution in [2.75, 3.05) is 11.9 Å². The van der Waals surface area contributed by atoms with E-state index >= 15 is 0 Å². The molecule has 0 aliphatic heterocycles. The van der Waals surface area contributed by atoms with Gasteiger partial charge in [0.2, 0.25) is 5.91 Å². The van der Waals surface area contributed by atoms with Crippen LogP contribution in [0.2, 0.25) is 0 Å². The van der Waals surface area contributed by atoms with Gasteiger partial charge in [0, 0.05) is 5.92 Å². The average molecular weight is 475 g/mol. The summed E-state index contributed by atoms with van der Waals surface area (Å²) < 4.78 is 5.54. The van der Waals surface area contributed by atoms with Gasteiger partial charge in [-0.3, -0.25) is 4.79 Å². The van der Waals surface area contributed by atoms with Crippen molar-refractivity contribution in [1.29, 1.82) is 0 Å². The minimum Gasteiger partial charge on any atom is -0.508 e. The van der Waals surface area contributed by atoms with Gasteiger partial charge in [-0.1, -0.05) is 61.9 Å². The number of phenols is 1. The zero-order valence-corrected chi connectivity index (χ0v) is 19.2. The monoisotopic (exact) mass is 474 g/mol. The molecule has 35 heavy (non-hydrogen) atoms. The van der Waals surface area contributed by atoms with Crippen LogP contribution in [0.4, 0.5) is 10.5 Å². The number of aromatic carboxylic acids is 1. The quantitative estimate of drug-likeness (QED) is 0.350. The van der Waals surface area contributed by atoms with Gasteiger partial charge in [0.15, 0.2) is 0 Å². The second-order valence-corrected chi connectivity index (χ2v) is 8.34. The number of hydrogen-bond acceptors (Lipinski definition) is 5. The zero-order valence-electron chi connectivity index (χ0n) is 19.2. The molecule has 1 atom stereocenters. The number of rotatable bonds is 8. The zero-order chi connectivity index (χ0) is 24.9. The number of carboxylic acids is 1. The van der Waals surface area contributed by atoms with E-state index in [1.165, 1.54) is 12.1 Å². The summed E-state index contributed by atoms with van der Waals surface area (Å²) in [5.41, 5.74) is 4.16. The molecule has 0 spiro atoms. The summed E-state index contributed by atoms with van der Waals surface area (Å²) in [5.74, 6) is -2.22. The van der Waals surface area contributed by atoms with Gasteiger partial charge in [-0.25, -0.2) is 9.59 Å². The molecule has 3 aromatic rings. The van der Waals surface area contributed by atoms with Crippen molar-refractivity contribution in [3.05, 3.63) is 83.4 Å². The molecule has 8 heteroatoms. The van der Waals surface area contributed by atoms with E-state index in [1.54, 1.807) is 0 Å². The lowest BCUT2D eigenvalue weighted by atomic mass is 9.98. The molecule has 0 bridgehead atoms. The number of hydrogen-bond donors (Lipinski definition) is 4. The Morgan fingerprint density at radius 3 is 2.20 bits per heavy atom. The highest BCUT2D eigenvalue weighted by atomic mass is 16.5. The van der Waals surface area contributed by atoms with Gasteiger partial charge in [0.1, 0.15) is 18.4 Å². The first kappa shape index (κ1) is 23.8. The first-order valence-corrected chi connectivity index (χ1v) is 11.4. The maximum absolute atomic E-state index is 12.8. The molecular weight excluding hydrogens is 448 g/mol. The molecule has 2 amide bonds. The van der Waals surface area contributed by atoms with Crippen LogP contribution in [0.1, 0.15) is 47.2 Å². The van der Waals surface area contributed by atoms with Gasteiger partial charge < -0.3 is 25.6 Å². The molecule has 0 fully saturated rings.